The zero-order valence-corrected chi connectivity index (χ0v) is 13.5. The maximum Gasteiger partial charge on any atom is 0.160 e. The molecule has 1 radical (unpaired) electrons. The topological polar surface area (TPSA) is 60.7 Å². The van der Waals surface area contributed by atoms with Gasteiger partial charge in [0.2, 0.25) is 0 Å². The van der Waals surface area contributed by atoms with E-state index in [4.69, 9.17) is 23.2 Å². The maximum absolute atomic E-state index is 14.7. The Bertz CT molecular complexity index is 945. The summed E-state index contributed by atoms with van der Waals surface area (Å²) in [4.78, 5) is 11.6. The van der Waals surface area contributed by atoms with Crippen LogP contribution in [0.3, 0.4) is 0 Å². The third kappa shape index (κ3) is 2.76. The van der Waals surface area contributed by atoms with Crippen LogP contribution in [0.1, 0.15) is 17.3 Å². The summed E-state index contributed by atoms with van der Waals surface area (Å²) >= 11 is 11.8. The maximum atomic E-state index is 14.7. The highest BCUT2D eigenvalue weighted by Crippen LogP contribution is 2.38. The average molecular weight is 368 g/mol. The molecule has 0 saturated heterocycles. The molecule has 0 spiro atoms. The van der Waals surface area contributed by atoms with Crippen molar-refractivity contribution in [3.05, 3.63) is 57.8 Å². The van der Waals surface area contributed by atoms with Crippen LogP contribution in [0.25, 0.3) is 16.8 Å². The van der Waals surface area contributed by atoms with Gasteiger partial charge in [-0.3, -0.25) is 4.79 Å². The number of hydrogen-bond donors (Lipinski definition) is 0. The van der Waals surface area contributed by atoms with E-state index in [9.17, 15) is 13.6 Å². The minimum atomic E-state index is -0.971. The lowest BCUT2D eigenvalue weighted by molar-refractivity contribution is 0.101. The minimum Gasteiger partial charge on any atom is -0.294 e. The number of halogens is 4. The number of carbonyl (C=O) groups is 1. The first-order valence-electron chi connectivity index (χ1n) is 6.54. The monoisotopic (exact) mass is 367 g/mol. The fourth-order valence-electron chi connectivity index (χ4n) is 2.17. The molecule has 0 aliphatic carbocycles. The fraction of sp³-hybridized carbons (Fsp3) is 0.0667. The summed E-state index contributed by atoms with van der Waals surface area (Å²) in [5.74, 6) is -2.26. The summed E-state index contributed by atoms with van der Waals surface area (Å²) in [6.07, 6.45) is 1.23. The van der Waals surface area contributed by atoms with Crippen molar-refractivity contribution in [2.75, 3.05) is 0 Å². The van der Waals surface area contributed by atoms with Crippen molar-refractivity contribution in [3.8, 4) is 16.8 Å². The molecule has 0 unspecified atom stereocenters. The van der Waals surface area contributed by atoms with Crippen molar-refractivity contribution < 1.29 is 13.6 Å². The molecule has 5 nitrogen and oxygen atoms in total. The van der Waals surface area contributed by atoms with E-state index in [1.165, 1.54) is 36.1 Å². The molecule has 0 saturated carbocycles. The van der Waals surface area contributed by atoms with E-state index in [2.05, 4.69) is 21.6 Å². The molecule has 1 aromatic heterocycles. The van der Waals surface area contributed by atoms with Gasteiger partial charge in [-0.1, -0.05) is 23.2 Å². The van der Waals surface area contributed by atoms with Gasteiger partial charge >= 0.3 is 0 Å². The molecule has 0 amide bonds. The van der Waals surface area contributed by atoms with Crippen molar-refractivity contribution in [1.29, 1.82) is 0 Å². The third-order valence-electron chi connectivity index (χ3n) is 3.28. The molecule has 0 fully saturated rings. The van der Waals surface area contributed by atoms with Gasteiger partial charge in [-0.25, -0.2) is 8.78 Å². The van der Waals surface area contributed by atoms with Gasteiger partial charge in [0.15, 0.2) is 17.4 Å². The second-order valence-corrected chi connectivity index (χ2v) is 5.58. The Morgan fingerprint density at radius 1 is 1.29 bits per heavy atom. The molecule has 121 valence electrons. The predicted octanol–water partition coefficient (Wildman–Crippen LogP) is 3.92. The number of Topliss-reactive ketones (excluding diaryl/α,β-unsaturated/α-hetero) is 1. The lowest BCUT2D eigenvalue weighted by Crippen LogP contribution is -2.03. The van der Waals surface area contributed by atoms with Crippen LogP contribution in [-0.2, 0) is 0 Å². The van der Waals surface area contributed by atoms with E-state index in [-0.39, 0.29) is 27.4 Å². The Morgan fingerprint density at radius 3 is 2.67 bits per heavy atom. The Labute approximate surface area is 144 Å². The van der Waals surface area contributed by atoms with Crippen LogP contribution in [0, 0.1) is 17.7 Å². The average Bonchev–Trinajstić information content (AvgIpc) is 3.07. The number of ketones is 1. The molecule has 3 aromatic rings. The normalized spacial score (nSPS) is 10.9. The Morgan fingerprint density at radius 2 is 2.04 bits per heavy atom. The van der Waals surface area contributed by atoms with E-state index in [1.807, 2.05) is 0 Å². The number of tetrazole rings is 1. The van der Waals surface area contributed by atoms with Crippen LogP contribution in [0.2, 0.25) is 10.0 Å². The largest absolute Gasteiger partial charge is 0.294 e. The summed E-state index contributed by atoms with van der Waals surface area (Å²) in [5, 5.41) is 10.1. The second kappa shape index (κ2) is 6.26. The van der Waals surface area contributed by atoms with Crippen LogP contribution >= 0.6 is 23.2 Å². The standard InChI is InChI=1S/C15H7Cl2F2N4O/c1-7(24)8-4-9(14(17)11(18)5-8)13-12(23-6-20-21-22-23)3-2-10(16)15(13)19/h2-4,6H,1H3. The van der Waals surface area contributed by atoms with Gasteiger partial charge in [-0.15, -0.1) is 5.10 Å². The molecule has 1 heterocycles. The van der Waals surface area contributed by atoms with E-state index in [0.717, 1.165) is 0 Å². The highest BCUT2D eigenvalue weighted by atomic mass is 35.5. The van der Waals surface area contributed by atoms with Gasteiger partial charge in [0.05, 0.1) is 15.7 Å². The summed E-state index contributed by atoms with van der Waals surface area (Å²) in [7, 11) is 0. The molecule has 0 aliphatic rings. The predicted molar refractivity (Wildman–Crippen MR) is 83.4 cm³/mol. The summed E-state index contributed by atoms with van der Waals surface area (Å²) in [6, 6.07) is 6.23. The Balaban J connectivity index is 2.38. The zero-order chi connectivity index (χ0) is 17.4. The van der Waals surface area contributed by atoms with Crippen LogP contribution in [-0.4, -0.2) is 26.0 Å². The first kappa shape index (κ1) is 16.5. The third-order valence-corrected chi connectivity index (χ3v) is 3.94. The Kier molecular flexibility index (Phi) is 4.29. The molecule has 0 N–H and O–H groups in total. The van der Waals surface area contributed by atoms with Gasteiger partial charge in [-0.2, -0.15) is 4.68 Å². The molecular weight excluding hydrogens is 361 g/mol. The minimum absolute atomic E-state index is 0.0522. The van der Waals surface area contributed by atoms with Gasteiger partial charge in [0, 0.05) is 22.8 Å². The number of aromatic nitrogens is 4. The van der Waals surface area contributed by atoms with Gasteiger partial charge in [0.1, 0.15) is 6.33 Å². The lowest BCUT2D eigenvalue weighted by atomic mass is 9.99. The van der Waals surface area contributed by atoms with Crippen LogP contribution in [0.4, 0.5) is 8.78 Å². The van der Waals surface area contributed by atoms with Crippen molar-refractivity contribution in [2.24, 2.45) is 0 Å². The number of hydrogen-bond acceptors (Lipinski definition) is 4. The van der Waals surface area contributed by atoms with Gasteiger partial charge < -0.3 is 0 Å². The Hall–Kier alpha value is -2.38. The second-order valence-electron chi connectivity index (χ2n) is 4.79. The molecule has 0 atom stereocenters. The number of rotatable bonds is 3. The summed E-state index contributed by atoms with van der Waals surface area (Å²) in [6.45, 7) is 1.24. The molecule has 0 aliphatic heterocycles. The van der Waals surface area contributed by atoms with E-state index in [0.29, 0.717) is 0 Å². The van der Waals surface area contributed by atoms with E-state index < -0.39 is 22.4 Å². The fourth-order valence-corrected chi connectivity index (χ4v) is 2.52. The van der Waals surface area contributed by atoms with E-state index in [1.54, 1.807) is 0 Å². The smallest absolute Gasteiger partial charge is 0.160 e. The van der Waals surface area contributed by atoms with Crippen molar-refractivity contribution in [3.63, 3.8) is 0 Å². The first-order valence-corrected chi connectivity index (χ1v) is 7.29. The van der Waals surface area contributed by atoms with Crippen molar-refractivity contribution in [2.45, 2.75) is 6.92 Å². The quantitative estimate of drug-likeness (QED) is 0.658. The van der Waals surface area contributed by atoms with Gasteiger partial charge in [0.25, 0.3) is 0 Å². The van der Waals surface area contributed by atoms with Crippen LogP contribution < -0.4 is 0 Å². The number of nitrogens with zero attached hydrogens (tertiary/aromatic N) is 4. The van der Waals surface area contributed by atoms with Crippen LogP contribution in [0.15, 0.2) is 24.5 Å². The molecular formula is C15H7Cl2F2N4O. The summed E-state index contributed by atoms with van der Waals surface area (Å²) < 4.78 is 29.9. The highest BCUT2D eigenvalue weighted by Gasteiger charge is 2.22. The molecule has 3 rings (SSSR count). The number of benzene rings is 2. The molecule has 2 aromatic carbocycles. The molecule has 9 heteroatoms. The number of carbonyl (C=O) groups excluding carboxylic acids is 1. The van der Waals surface area contributed by atoms with Crippen LogP contribution in [0.5, 0.6) is 0 Å². The summed E-state index contributed by atoms with van der Waals surface area (Å²) in [5.41, 5.74) is -0.0725. The zero-order valence-electron chi connectivity index (χ0n) is 12.0. The molecule has 24 heavy (non-hydrogen) atoms. The SMILES string of the molecule is CC(=O)c1[c]c(F)c(Cl)c(-c2c(-n3cnnn3)ccc(Cl)c2F)c1. The highest BCUT2D eigenvalue weighted by molar-refractivity contribution is 6.34. The van der Waals surface area contributed by atoms with E-state index >= 15 is 0 Å². The first-order chi connectivity index (χ1) is 11.4. The molecule has 0 bridgehead atoms. The van der Waals surface area contributed by atoms with Crippen molar-refractivity contribution in [1.82, 2.24) is 20.2 Å². The van der Waals surface area contributed by atoms with Gasteiger partial charge in [-0.05, 0) is 35.5 Å². The van der Waals surface area contributed by atoms with Crippen molar-refractivity contribution >= 4 is 29.0 Å². The lowest BCUT2D eigenvalue weighted by Gasteiger charge is -2.14.